The third kappa shape index (κ3) is 3.88. The lowest BCUT2D eigenvalue weighted by Crippen LogP contribution is -2.11. The summed E-state index contributed by atoms with van der Waals surface area (Å²) in [5.74, 6) is 1.73. The number of nitrogens with one attached hydrogen (secondary N) is 2. The molecule has 0 aliphatic carbocycles. The topological polar surface area (TPSA) is 76.2 Å². The first-order valence-corrected chi connectivity index (χ1v) is 9.24. The highest BCUT2D eigenvalue weighted by atomic mass is 35.5. The molecule has 0 spiro atoms. The normalized spacial score (nSPS) is 10.7. The molecule has 4 aromatic rings. The van der Waals surface area contributed by atoms with Crippen molar-refractivity contribution < 1.29 is 14.3 Å². The molecule has 0 unspecified atom stereocenters. The molecule has 0 fully saturated rings. The van der Waals surface area contributed by atoms with Crippen LogP contribution in [0.1, 0.15) is 10.4 Å². The van der Waals surface area contributed by atoms with E-state index in [0.717, 1.165) is 16.6 Å². The lowest BCUT2D eigenvalue weighted by atomic mass is 10.2. The second-order valence-electron chi connectivity index (χ2n) is 6.35. The third-order valence-electron chi connectivity index (χ3n) is 4.50. The summed E-state index contributed by atoms with van der Waals surface area (Å²) in [7, 11) is 3.18. The molecule has 0 saturated carbocycles. The molecule has 4 rings (SSSR count). The molecule has 0 radical (unpaired) electrons. The number of fused-ring (bicyclic) bond motifs is 1. The lowest BCUT2D eigenvalue weighted by molar-refractivity contribution is 0.102. The van der Waals surface area contributed by atoms with E-state index in [1.165, 1.54) is 0 Å². The number of carbonyl (C=O) groups is 1. The van der Waals surface area contributed by atoms with E-state index in [4.69, 9.17) is 21.1 Å². The second-order valence-corrected chi connectivity index (χ2v) is 6.78. The van der Waals surface area contributed by atoms with E-state index in [1.54, 1.807) is 50.6 Å². The maximum Gasteiger partial charge on any atom is 0.255 e. The highest BCUT2D eigenvalue weighted by Gasteiger charge is 2.12. The van der Waals surface area contributed by atoms with Crippen LogP contribution in [-0.2, 0) is 0 Å². The van der Waals surface area contributed by atoms with Crippen molar-refractivity contribution in [3.05, 3.63) is 71.2 Å². The Balaban J connectivity index is 1.62. The molecule has 0 aliphatic rings. The minimum absolute atomic E-state index is 0.212. The molecule has 7 heteroatoms. The maximum atomic E-state index is 12.6. The van der Waals surface area contributed by atoms with Crippen LogP contribution in [0.25, 0.3) is 22.4 Å². The number of anilines is 1. The molecule has 0 saturated heterocycles. The summed E-state index contributed by atoms with van der Waals surface area (Å²) in [6.07, 6.45) is 0. The van der Waals surface area contributed by atoms with Crippen molar-refractivity contribution in [1.29, 1.82) is 0 Å². The van der Waals surface area contributed by atoms with E-state index in [0.29, 0.717) is 33.6 Å². The van der Waals surface area contributed by atoms with Gasteiger partial charge in [-0.05, 0) is 60.7 Å². The third-order valence-corrected chi connectivity index (χ3v) is 4.76. The van der Waals surface area contributed by atoms with Crippen molar-refractivity contribution in [2.24, 2.45) is 0 Å². The van der Waals surface area contributed by atoms with E-state index in [1.807, 2.05) is 24.3 Å². The molecular weight excluding hydrogens is 390 g/mol. The Morgan fingerprint density at radius 2 is 1.72 bits per heavy atom. The Kier molecular flexibility index (Phi) is 5.10. The van der Waals surface area contributed by atoms with Gasteiger partial charge < -0.3 is 19.8 Å². The lowest BCUT2D eigenvalue weighted by Gasteiger charge is -2.08. The van der Waals surface area contributed by atoms with Crippen molar-refractivity contribution >= 4 is 34.2 Å². The number of amides is 1. The predicted octanol–water partition coefficient (Wildman–Crippen LogP) is 5.15. The van der Waals surface area contributed by atoms with Crippen molar-refractivity contribution in [1.82, 2.24) is 9.97 Å². The number of carbonyl (C=O) groups excluding carboxylic acids is 1. The summed E-state index contributed by atoms with van der Waals surface area (Å²) >= 11 is 5.88. The first kappa shape index (κ1) is 18.8. The SMILES string of the molecule is COc1ccc(-c2nc3ccc(C(=O)Nc4ccc(Cl)cc4)cc3[nH]2)cc1OC. The average Bonchev–Trinajstić information content (AvgIpc) is 3.18. The smallest absolute Gasteiger partial charge is 0.255 e. The van der Waals surface area contributed by atoms with Gasteiger partial charge in [-0.3, -0.25) is 4.79 Å². The van der Waals surface area contributed by atoms with Gasteiger partial charge in [-0.1, -0.05) is 11.6 Å². The highest BCUT2D eigenvalue weighted by Crippen LogP contribution is 2.32. The van der Waals surface area contributed by atoms with Gasteiger partial charge in [0.2, 0.25) is 0 Å². The van der Waals surface area contributed by atoms with Gasteiger partial charge in [0, 0.05) is 21.8 Å². The molecule has 1 aromatic heterocycles. The number of imidazole rings is 1. The van der Waals surface area contributed by atoms with Crippen LogP contribution in [-0.4, -0.2) is 30.1 Å². The zero-order chi connectivity index (χ0) is 20.4. The molecule has 2 N–H and O–H groups in total. The van der Waals surface area contributed by atoms with Crippen molar-refractivity contribution in [3.63, 3.8) is 0 Å². The molecule has 6 nitrogen and oxygen atoms in total. The Morgan fingerprint density at radius 1 is 0.966 bits per heavy atom. The fourth-order valence-corrected chi connectivity index (χ4v) is 3.13. The molecule has 3 aromatic carbocycles. The minimum atomic E-state index is -0.212. The summed E-state index contributed by atoms with van der Waals surface area (Å²) < 4.78 is 10.6. The van der Waals surface area contributed by atoms with Crippen LogP contribution in [0.3, 0.4) is 0 Å². The number of H-pyrrole nitrogens is 1. The number of rotatable bonds is 5. The molecule has 1 amide bonds. The number of nitrogens with zero attached hydrogens (tertiary/aromatic N) is 1. The monoisotopic (exact) mass is 407 g/mol. The van der Waals surface area contributed by atoms with E-state index in [-0.39, 0.29) is 5.91 Å². The minimum Gasteiger partial charge on any atom is -0.493 e. The molecular formula is C22H18ClN3O3. The number of methoxy groups -OCH3 is 2. The summed E-state index contributed by atoms with van der Waals surface area (Å²) in [5.41, 5.74) is 3.58. The van der Waals surface area contributed by atoms with Crippen LogP contribution in [0.2, 0.25) is 5.02 Å². The van der Waals surface area contributed by atoms with Gasteiger partial charge in [-0.25, -0.2) is 4.98 Å². The molecule has 0 atom stereocenters. The van der Waals surface area contributed by atoms with Gasteiger partial charge in [0.1, 0.15) is 5.82 Å². The molecule has 0 bridgehead atoms. The highest BCUT2D eigenvalue weighted by molar-refractivity contribution is 6.30. The quantitative estimate of drug-likeness (QED) is 0.479. The van der Waals surface area contributed by atoms with Gasteiger partial charge in [0.25, 0.3) is 5.91 Å². The van der Waals surface area contributed by atoms with Crippen LogP contribution in [0, 0.1) is 0 Å². The molecule has 29 heavy (non-hydrogen) atoms. The maximum absolute atomic E-state index is 12.6. The van der Waals surface area contributed by atoms with Crippen molar-refractivity contribution in [2.75, 3.05) is 19.5 Å². The van der Waals surface area contributed by atoms with Crippen LogP contribution in [0.4, 0.5) is 5.69 Å². The van der Waals surface area contributed by atoms with Crippen LogP contribution >= 0.6 is 11.6 Å². The van der Waals surface area contributed by atoms with Gasteiger partial charge in [-0.15, -0.1) is 0 Å². The summed E-state index contributed by atoms with van der Waals surface area (Å²) in [6.45, 7) is 0. The zero-order valence-corrected chi connectivity index (χ0v) is 16.6. The average molecular weight is 408 g/mol. The largest absolute Gasteiger partial charge is 0.493 e. The fraction of sp³-hybridized carbons (Fsp3) is 0.0909. The fourth-order valence-electron chi connectivity index (χ4n) is 3.01. The number of hydrogen-bond acceptors (Lipinski definition) is 4. The predicted molar refractivity (Wildman–Crippen MR) is 114 cm³/mol. The number of benzene rings is 3. The number of ether oxygens (including phenoxy) is 2. The van der Waals surface area contributed by atoms with E-state index < -0.39 is 0 Å². The van der Waals surface area contributed by atoms with Crippen molar-refractivity contribution in [3.8, 4) is 22.9 Å². The van der Waals surface area contributed by atoms with Crippen LogP contribution < -0.4 is 14.8 Å². The molecule has 0 aliphatic heterocycles. The number of aromatic nitrogens is 2. The number of aromatic amines is 1. The van der Waals surface area contributed by atoms with E-state index >= 15 is 0 Å². The van der Waals surface area contributed by atoms with Gasteiger partial charge >= 0.3 is 0 Å². The first-order valence-electron chi connectivity index (χ1n) is 8.86. The Bertz CT molecular complexity index is 1190. The number of halogens is 1. The second kappa shape index (κ2) is 7.85. The number of hydrogen-bond donors (Lipinski definition) is 2. The summed E-state index contributed by atoms with van der Waals surface area (Å²) in [6, 6.07) is 17.9. The van der Waals surface area contributed by atoms with Crippen molar-refractivity contribution in [2.45, 2.75) is 0 Å². The Morgan fingerprint density at radius 3 is 2.45 bits per heavy atom. The zero-order valence-electron chi connectivity index (χ0n) is 15.8. The Labute approximate surface area is 172 Å². The summed E-state index contributed by atoms with van der Waals surface area (Å²) in [5, 5.41) is 3.47. The van der Waals surface area contributed by atoms with Gasteiger partial charge in [0.05, 0.1) is 25.3 Å². The molecule has 1 heterocycles. The van der Waals surface area contributed by atoms with E-state index in [9.17, 15) is 4.79 Å². The standard InChI is InChI=1S/C22H18ClN3O3/c1-28-19-10-4-13(12-20(19)29-2)21-25-17-9-3-14(11-18(17)26-21)22(27)24-16-7-5-15(23)6-8-16/h3-12H,1-2H3,(H,24,27)(H,25,26). The van der Waals surface area contributed by atoms with E-state index in [2.05, 4.69) is 15.3 Å². The first-order chi connectivity index (χ1) is 14.1. The van der Waals surface area contributed by atoms with Crippen LogP contribution in [0.15, 0.2) is 60.7 Å². The Hall–Kier alpha value is -3.51. The molecule has 146 valence electrons. The van der Waals surface area contributed by atoms with Gasteiger partial charge in [0.15, 0.2) is 11.5 Å². The van der Waals surface area contributed by atoms with Gasteiger partial charge in [-0.2, -0.15) is 0 Å². The summed E-state index contributed by atoms with van der Waals surface area (Å²) in [4.78, 5) is 20.4. The van der Waals surface area contributed by atoms with Crippen LogP contribution in [0.5, 0.6) is 11.5 Å².